The van der Waals surface area contributed by atoms with Crippen molar-refractivity contribution in [2.75, 3.05) is 0 Å². The van der Waals surface area contributed by atoms with E-state index in [1.54, 1.807) is 12.3 Å². The highest BCUT2D eigenvalue weighted by atomic mass is 32.2. The Bertz CT molecular complexity index is 815. The van der Waals surface area contributed by atoms with Crippen molar-refractivity contribution in [3.05, 3.63) is 54.5 Å². The SMILES string of the molecule is CCn1c(S[C@H](C)C(=O)NCc2ccco2)nnc1-c1ccccc1. The van der Waals surface area contributed by atoms with Crippen molar-refractivity contribution in [3.8, 4) is 11.4 Å². The van der Waals surface area contributed by atoms with Gasteiger partial charge in [0.2, 0.25) is 5.91 Å². The number of carbonyl (C=O) groups is 1. The van der Waals surface area contributed by atoms with E-state index in [-0.39, 0.29) is 11.2 Å². The second kappa shape index (κ2) is 8.02. The zero-order chi connectivity index (χ0) is 17.6. The fourth-order valence-corrected chi connectivity index (χ4v) is 3.34. The molecule has 0 aliphatic carbocycles. The van der Waals surface area contributed by atoms with Crippen LogP contribution in [-0.2, 0) is 17.9 Å². The lowest BCUT2D eigenvalue weighted by Gasteiger charge is -2.12. The highest BCUT2D eigenvalue weighted by molar-refractivity contribution is 8.00. The van der Waals surface area contributed by atoms with Crippen molar-refractivity contribution in [2.24, 2.45) is 0 Å². The molecule has 2 aromatic heterocycles. The van der Waals surface area contributed by atoms with Gasteiger partial charge in [-0.2, -0.15) is 0 Å². The predicted molar refractivity (Wildman–Crippen MR) is 97.0 cm³/mol. The topological polar surface area (TPSA) is 73.0 Å². The Morgan fingerprint density at radius 3 is 2.72 bits per heavy atom. The minimum Gasteiger partial charge on any atom is -0.467 e. The molecule has 1 atom stereocenters. The van der Waals surface area contributed by atoms with Crippen LogP contribution in [0.25, 0.3) is 11.4 Å². The summed E-state index contributed by atoms with van der Waals surface area (Å²) in [4.78, 5) is 12.3. The summed E-state index contributed by atoms with van der Waals surface area (Å²) in [6.45, 7) is 5.02. The molecule has 3 rings (SSSR count). The molecule has 0 fully saturated rings. The van der Waals surface area contributed by atoms with Gasteiger partial charge >= 0.3 is 0 Å². The Labute approximate surface area is 150 Å². The Morgan fingerprint density at radius 2 is 2.04 bits per heavy atom. The molecular formula is C18H20N4O2S. The van der Waals surface area contributed by atoms with Crippen molar-refractivity contribution in [3.63, 3.8) is 0 Å². The molecule has 1 N–H and O–H groups in total. The van der Waals surface area contributed by atoms with Crippen LogP contribution >= 0.6 is 11.8 Å². The zero-order valence-corrected chi connectivity index (χ0v) is 15.0. The normalized spacial score (nSPS) is 12.1. The molecule has 0 unspecified atom stereocenters. The molecule has 0 spiro atoms. The molecule has 0 saturated carbocycles. The summed E-state index contributed by atoms with van der Waals surface area (Å²) in [5, 5.41) is 11.9. The van der Waals surface area contributed by atoms with E-state index in [0.29, 0.717) is 6.54 Å². The fourth-order valence-electron chi connectivity index (χ4n) is 2.40. The Kier molecular flexibility index (Phi) is 5.55. The molecule has 130 valence electrons. The number of nitrogens with one attached hydrogen (secondary N) is 1. The number of furan rings is 1. The maximum Gasteiger partial charge on any atom is 0.233 e. The second-order valence-corrected chi connectivity index (χ2v) is 6.78. The molecule has 0 aliphatic heterocycles. The van der Waals surface area contributed by atoms with E-state index in [1.165, 1.54) is 11.8 Å². The van der Waals surface area contributed by atoms with Gasteiger partial charge in [-0.15, -0.1) is 10.2 Å². The van der Waals surface area contributed by atoms with E-state index in [4.69, 9.17) is 4.42 Å². The van der Waals surface area contributed by atoms with E-state index in [1.807, 2.05) is 54.8 Å². The Morgan fingerprint density at radius 1 is 1.24 bits per heavy atom. The highest BCUT2D eigenvalue weighted by Crippen LogP contribution is 2.26. The van der Waals surface area contributed by atoms with Crippen LogP contribution in [0.5, 0.6) is 0 Å². The minimum absolute atomic E-state index is 0.0617. The number of hydrogen-bond donors (Lipinski definition) is 1. The average molecular weight is 356 g/mol. The molecule has 0 radical (unpaired) electrons. The van der Waals surface area contributed by atoms with E-state index in [9.17, 15) is 4.79 Å². The number of aromatic nitrogens is 3. The standard InChI is InChI=1S/C18H20N4O2S/c1-3-22-16(14-8-5-4-6-9-14)20-21-18(22)25-13(2)17(23)19-12-15-10-7-11-24-15/h4-11,13H,3,12H2,1-2H3,(H,19,23)/t13-/m1/s1. The smallest absolute Gasteiger partial charge is 0.233 e. The van der Waals surface area contributed by atoms with Crippen LogP contribution in [0.4, 0.5) is 0 Å². The third kappa shape index (κ3) is 4.11. The van der Waals surface area contributed by atoms with Crippen molar-refractivity contribution in [1.82, 2.24) is 20.1 Å². The number of amides is 1. The number of benzene rings is 1. The van der Waals surface area contributed by atoms with Gasteiger partial charge in [0.1, 0.15) is 5.76 Å². The molecule has 0 aliphatic rings. The van der Waals surface area contributed by atoms with Crippen LogP contribution in [0.3, 0.4) is 0 Å². The minimum atomic E-state index is -0.284. The lowest BCUT2D eigenvalue weighted by atomic mass is 10.2. The largest absolute Gasteiger partial charge is 0.467 e. The monoisotopic (exact) mass is 356 g/mol. The number of hydrogen-bond acceptors (Lipinski definition) is 5. The molecular weight excluding hydrogens is 336 g/mol. The number of carbonyl (C=O) groups excluding carboxylic acids is 1. The molecule has 3 aromatic rings. The van der Waals surface area contributed by atoms with Gasteiger partial charge in [0.15, 0.2) is 11.0 Å². The van der Waals surface area contributed by atoms with Crippen molar-refractivity contribution >= 4 is 17.7 Å². The maximum atomic E-state index is 12.3. The van der Waals surface area contributed by atoms with Gasteiger partial charge in [0.05, 0.1) is 18.1 Å². The van der Waals surface area contributed by atoms with Crippen molar-refractivity contribution < 1.29 is 9.21 Å². The second-order valence-electron chi connectivity index (χ2n) is 5.47. The van der Waals surface area contributed by atoms with Gasteiger partial charge in [-0.05, 0) is 26.0 Å². The first kappa shape index (κ1) is 17.3. The summed E-state index contributed by atoms with van der Waals surface area (Å²) in [6, 6.07) is 13.6. The summed E-state index contributed by atoms with van der Waals surface area (Å²) >= 11 is 1.40. The first-order valence-corrected chi connectivity index (χ1v) is 9.02. The molecule has 1 amide bonds. The van der Waals surface area contributed by atoms with Crippen molar-refractivity contribution in [1.29, 1.82) is 0 Å². The van der Waals surface area contributed by atoms with Gasteiger partial charge in [-0.25, -0.2) is 0 Å². The summed E-state index contributed by atoms with van der Waals surface area (Å²) in [5.74, 6) is 1.48. The average Bonchev–Trinajstić information content (AvgIpc) is 3.29. The van der Waals surface area contributed by atoms with Crippen LogP contribution < -0.4 is 5.32 Å². The number of thioether (sulfide) groups is 1. The van der Waals surface area contributed by atoms with Gasteiger partial charge in [-0.1, -0.05) is 42.1 Å². The maximum absolute atomic E-state index is 12.3. The number of nitrogens with zero attached hydrogens (tertiary/aromatic N) is 3. The molecule has 6 nitrogen and oxygen atoms in total. The van der Waals surface area contributed by atoms with Gasteiger partial charge in [-0.3, -0.25) is 4.79 Å². The lowest BCUT2D eigenvalue weighted by Crippen LogP contribution is -2.30. The van der Waals surface area contributed by atoms with Crippen LogP contribution in [0, 0.1) is 0 Å². The van der Waals surface area contributed by atoms with E-state index in [2.05, 4.69) is 15.5 Å². The van der Waals surface area contributed by atoms with E-state index in [0.717, 1.165) is 28.8 Å². The van der Waals surface area contributed by atoms with Crippen LogP contribution in [0.1, 0.15) is 19.6 Å². The highest BCUT2D eigenvalue weighted by Gasteiger charge is 2.20. The van der Waals surface area contributed by atoms with Crippen molar-refractivity contribution in [2.45, 2.75) is 37.3 Å². The molecule has 7 heteroatoms. The fraction of sp³-hybridized carbons (Fsp3) is 0.278. The Hall–Kier alpha value is -2.54. The third-order valence-electron chi connectivity index (χ3n) is 3.73. The predicted octanol–water partition coefficient (Wildman–Crippen LogP) is 3.36. The molecule has 0 bridgehead atoms. The van der Waals surface area contributed by atoms with Gasteiger partial charge < -0.3 is 14.3 Å². The quantitative estimate of drug-likeness (QED) is 0.657. The summed E-state index contributed by atoms with van der Waals surface area (Å²) in [5.41, 5.74) is 1.01. The molecule has 1 aromatic carbocycles. The van der Waals surface area contributed by atoms with Gasteiger partial charge in [0.25, 0.3) is 0 Å². The summed E-state index contributed by atoms with van der Waals surface area (Å²) in [6.07, 6.45) is 1.59. The van der Waals surface area contributed by atoms with Gasteiger partial charge in [0, 0.05) is 12.1 Å². The number of rotatable bonds is 7. The van der Waals surface area contributed by atoms with Crippen LogP contribution in [0.2, 0.25) is 0 Å². The molecule has 25 heavy (non-hydrogen) atoms. The van der Waals surface area contributed by atoms with Crippen LogP contribution in [0.15, 0.2) is 58.3 Å². The van der Waals surface area contributed by atoms with Crippen LogP contribution in [-0.4, -0.2) is 25.9 Å². The van der Waals surface area contributed by atoms with E-state index >= 15 is 0 Å². The first-order valence-electron chi connectivity index (χ1n) is 8.14. The first-order chi connectivity index (χ1) is 12.2. The van der Waals surface area contributed by atoms with E-state index < -0.39 is 0 Å². The zero-order valence-electron chi connectivity index (χ0n) is 14.2. The lowest BCUT2D eigenvalue weighted by molar-refractivity contribution is -0.120. The molecule has 2 heterocycles. The third-order valence-corrected chi connectivity index (χ3v) is 4.81. The summed E-state index contributed by atoms with van der Waals surface area (Å²) < 4.78 is 7.25. The summed E-state index contributed by atoms with van der Waals surface area (Å²) in [7, 11) is 0. The molecule has 0 saturated heterocycles. The Balaban J connectivity index is 1.67.